The minimum atomic E-state index is 0.636. The van der Waals surface area contributed by atoms with Crippen molar-refractivity contribution < 1.29 is 4.42 Å². The molecule has 0 radical (unpaired) electrons. The van der Waals surface area contributed by atoms with E-state index in [0.717, 1.165) is 67.7 Å². The average molecular weight is 603 g/mol. The average Bonchev–Trinajstić information content (AvgIpc) is 3.60. The summed E-state index contributed by atoms with van der Waals surface area (Å²) in [5.74, 6) is 0.636. The lowest BCUT2D eigenvalue weighted by molar-refractivity contribution is 0.620. The summed E-state index contributed by atoms with van der Waals surface area (Å²) in [6.07, 6.45) is 6.53. The highest BCUT2D eigenvalue weighted by Crippen LogP contribution is 2.36. The van der Waals surface area contributed by atoms with E-state index in [1.807, 2.05) is 36.4 Å². The summed E-state index contributed by atoms with van der Waals surface area (Å²) in [6.45, 7) is 0. The Bertz CT molecular complexity index is 2480. The van der Waals surface area contributed by atoms with E-state index >= 15 is 0 Å². The van der Waals surface area contributed by atoms with Crippen LogP contribution < -0.4 is 10.6 Å². The van der Waals surface area contributed by atoms with Gasteiger partial charge in [-0.05, 0) is 88.7 Å². The second-order valence-corrected chi connectivity index (χ2v) is 12.1. The number of pyridine rings is 1. The summed E-state index contributed by atoms with van der Waals surface area (Å²) < 4.78 is 6.29. The number of benzene rings is 6. The second-order valence-electron chi connectivity index (χ2n) is 12.1. The zero-order chi connectivity index (χ0) is 31.2. The van der Waals surface area contributed by atoms with Crippen molar-refractivity contribution in [1.82, 2.24) is 9.97 Å². The van der Waals surface area contributed by atoms with Gasteiger partial charge < -0.3 is 4.42 Å². The first-order valence-electron chi connectivity index (χ1n) is 16.1. The van der Waals surface area contributed by atoms with Crippen molar-refractivity contribution in [3.8, 4) is 56.1 Å². The van der Waals surface area contributed by atoms with Crippen LogP contribution in [0.1, 0.15) is 12.8 Å². The van der Waals surface area contributed by atoms with Crippen molar-refractivity contribution in [1.29, 1.82) is 0 Å². The molecule has 6 aromatic carbocycles. The van der Waals surface area contributed by atoms with Crippen LogP contribution in [0.2, 0.25) is 0 Å². The molecule has 3 nitrogen and oxygen atoms in total. The molecule has 0 bridgehead atoms. The van der Waals surface area contributed by atoms with Crippen LogP contribution >= 0.6 is 0 Å². The zero-order valence-electron chi connectivity index (χ0n) is 25.7. The van der Waals surface area contributed by atoms with Gasteiger partial charge in [-0.3, -0.25) is 0 Å². The summed E-state index contributed by atoms with van der Waals surface area (Å²) >= 11 is 0. The van der Waals surface area contributed by atoms with E-state index in [0.29, 0.717) is 5.89 Å². The number of fused-ring (bicyclic) bond motifs is 5. The highest BCUT2D eigenvalue weighted by atomic mass is 16.3. The van der Waals surface area contributed by atoms with Gasteiger partial charge >= 0.3 is 0 Å². The van der Waals surface area contributed by atoms with Crippen molar-refractivity contribution in [3.05, 3.63) is 156 Å². The molecule has 8 aromatic rings. The Morgan fingerprint density at radius 1 is 0.447 bits per heavy atom. The van der Waals surface area contributed by atoms with E-state index in [4.69, 9.17) is 14.4 Å². The van der Waals surface area contributed by atoms with Crippen molar-refractivity contribution in [2.45, 2.75) is 12.8 Å². The maximum Gasteiger partial charge on any atom is 0.227 e. The van der Waals surface area contributed by atoms with Gasteiger partial charge in [0.05, 0.1) is 11.0 Å². The topological polar surface area (TPSA) is 38.9 Å². The Labute approximate surface area is 272 Å². The third-order valence-corrected chi connectivity index (χ3v) is 9.11. The van der Waals surface area contributed by atoms with E-state index in [-0.39, 0.29) is 0 Å². The first-order chi connectivity index (χ1) is 23.3. The summed E-state index contributed by atoms with van der Waals surface area (Å²) in [7, 11) is 0. The molecule has 47 heavy (non-hydrogen) atoms. The fraction of sp³-hybridized carbons (Fsp3) is 0.0455. The summed E-state index contributed by atoms with van der Waals surface area (Å²) in [5, 5.41) is 4.36. The number of rotatable bonds is 5. The SMILES string of the molecule is C1=c2nc(-c3ccc(-c4cc(-c5ccccc5)cc(-c5ccccc5)c4)cc3)c3ccc4oc(-c5ccccc5)nc4c3c2=CCC1. The van der Waals surface area contributed by atoms with Crippen LogP contribution in [-0.4, -0.2) is 9.97 Å². The van der Waals surface area contributed by atoms with E-state index in [1.165, 1.54) is 27.8 Å². The van der Waals surface area contributed by atoms with Crippen LogP contribution in [0.5, 0.6) is 0 Å². The lowest BCUT2D eigenvalue weighted by Crippen LogP contribution is -2.31. The van der Waals surface area contributed by atoms with Gasteiger partial charge in [-0.15, -0.1) is 0 Å². The van der Waals surface area contributed by atoms with Crippen LogP contribution in [0, 0.1) is 0 Å². The van der Waals surface area contributed by atoms with E-state index in [9.17, 15) is 0 Å². The highest BCUT2D eigenvalue weighted by Gasteiger charge is 2.17. The maximum absolute atomic E-state index is 6.29. The van der Waals surface area contributed by atoms with Crippen LogP contribution in [-0.2, 0) is 0 Å². The van der Waals surface area contributed by atoms with Crippen molar-refractivity contribution in [3.63, 3.8) is 0 Å². The van der Waals surface area contributed by atoms with Gasteiger partial charge in [0.15, 0.2) is 5.58 Å². The lowest BCUT2D eigenvalue weighted by atomic mass is 9.92. The molecule has 0 atom stereocenters. The van der Waals surface area contributed by atoms with Crippen LogP contribution in [0.3, 0.4) is 0 Å². The highest BCUT2D eigenvalue weighted by molar-refractivity contribution is 6.09. The Hall–Kier alpha value is -6.06. The standard InChI is InChI=1S/C44H30N2O/c1-4-12-29(13-5-1)34-26-35(30-14-6-2-7-15-30)28-36(27-34)31-20-22-32(23-21-31)42-38-24-25-40-43(41(38)37-18-10-11-19-39(37)45-42)46-44(47-40)33-16-8-3-9-17-33/h1-9,12-28H,10-11H2. The fourth-order valence-corrected chi connectivity index (χ4v) is 6.78. The number of oxazole rings is 1. The van der Waals surface area contributed by atoms with Crippen molar-refractivity contribution in [2.24, 2.45) is 0 Å². The molecule has 0 aliphatic heterocycles. The van der Waals surface area contributed by atoms with Gasteiger partial charge in [0, 0.05) is 27.1 Å². The van der Waals surface area contributed by atoms with Gasteiger partial charge in [-0.1, -0.05) is 115 Å². The van der Waals surface area contributed by atoms with Crippen LogP contribution in [0.25, 0.3) is 90.1 Å². The van der Waals surface area contributed by atoms with Crippen molar-refractivity contribution in [2.75, 3.05) is 0 Å². The monoisotopic (exact) mass is 602 g/mol. The molecule has 9 rings (SSSR count). The molecule has 0 fully saturated rings. The first-order valence-corrected chi connectivity index (χ1v) is 16.1. The number of aromatic nitrogens is 2. The van der Waals surface area contributed by atoms with Crippen LogP contribution in [0.4, 0.5) is 0 Å². The van der Waals surface area contributed by atoms with Gasteiger partial charge in [0.25, 0.3) is 0 Å². The van der Waals surface area contributed by atoms with E-state index in [2.05, 4.69) is 121 Å². The predicted octanol–water partition coefficient (Wildman–Crippen LogP) is 10.1. The third kappa shape index (κ3) is 4.93. The minimum Gasteiger partial charge on any atom is -0.436 e. The first kappa shape index (κ1) is 27.3. The molecule has 0 saturated heterocycles. The van der Waals surface area contributed by atoms with E-state index < -0.39 is 0 Å². The molecule has 0 spiro atoms. The molecule has 0 unspecified atom stereocenters. The molecular formula is C44H30N2O. The third-order valence-electron chi connectivity index (χ3n) is 9.11. The van der Waals surface area contributed by atoms with Crippen LogP contribution in [0.15, 0.2) is 150 Å². The lowest BCUT2D eigenvalue weighted by Gasteiger charge is -2.13. The molecule has 1 aliphatic carbocycles. The molecule has 222 valence electrons. The molecule has 2 aromatic heterocycles. The van der Waals surface area contributed by atoms with Gasteiger partial charge in [-0.2, -0.15) is 0 Å². The largest absolute Gasteiger partial charge is 0.436 e. The number of nitrogens with zero attached hydrogens (tertiary/aromatic N) is 2. The molecule has 0 saturated carbocycles. The quantitative estimate of drug-likeness (QED) is 0.197. The normalized spacial score (nSPS) is 12.4. The molecule has 1 aliphatic rings. The summed E-state index contributed by atoms with van der Waals surface area (Å²) in [6, 6.07) is 51.2. The van der Waals surface area contributed by atoms with Crippen molar-refractivity contribution >= 4 is 34.0 Å². The summed E-state index contributed by atoms with van der Waals surface area (Å²) in [4.78, 5) is 10.3. The predicted molar refractivity (Wildman–Crippen MR) is 194 cm³/mol. The minimum absolute atomic E-state index is 0.636. The zero-order valence-corrected chi connectivity index (χ0v) is 25.7. The number of hydrogen-bond donors (Lipinski definition) is 0. The van der Waals surface area contributed by atoms with Gasteiger partial charge in [0.2, 0.25) is 5.89 Å². The molecular weight excluding hydrogens is 572 g/mol. The molecule has 0 N–H and O–H groups in total. The van der Waals surface area contributed by atoms with Gasteiger partial charge in [-0.25, -0.2) is 9.97 Å². The molecule has 2 heterocycles. The van der Waals surface area contributed by atoms with E-state index in [1.54, 1.807) is 0 Å². The second kappa shape index (κ2) is 11.4. The Kier molecular flexibility index (Phi) is 6.60. The molecule has 3 heteroatoms. The summed E-state index contributed by atoms with van der Waals surface area (Å²) in [5.41, 5.74) is 11.8. The molecule has 0 amide bonds. The van der Waals surface area contributed by atoms with Gasteiger partial charge in [0.1, 0.15) is 5.52 Å². The fourth-order valence-electron chi connectivity index (χ4n) is 6.78. The Balaban J connectivity index is 1.19. The Morgan fingerprint density at radius 2 is 0.979 bits per heavy atom. The Morgan fingerprint density at radius 3 is 1.60 bits per heavy atom. The smallest absolute Gasteiger partial charge is 0.227 e. The number of hydrogen-bond acceptors (Lipinski definition) is 3. The maximum atomic E-state index is 6.29.